The predicted octanol–water partition coefficient (Wildman–Crippen LogP) is 2.57. The van der Waals surface area contributed by atoms with Gasteiger partial charge in [0, 0.05) is 98.1 Å². The van der Waals surface area contributed by atoms with Crippen molar-refractivity contribution in [2.75, 3.05) is 0 Å². The van der Waals surface area contributed by atoms with Crippen molar-refractivity contribution in [3.63, 3.8) is 0 Å². The first-order valence-electron chi connectivity index (χ1n) is 3.87. The van der Waals surface area contributed by atoms with Crippen molar-refractivity contribution < 1.29 is 103 Å². The number of hydrogen-bond acceptors (Lipinski definition) is 1. The summed E-state index contributed by atoms with van der Waals surface area (Å²) < 4.78 is 0. The summed E-state index contributed by atoms with van der Waals surface area (Å²) in [6.07, 6.45) is -0.591. The van der Waals surface area contributed by atoms with Crippen molar-refractivity contribution >= 4 is 0 Å². The summed E-state index contributed by atoms with van der Waals surface area (Å²) in [6.45, 7) is 7.46. The van der Waals surface area contributed by atoms with Crippen LogP contribution in [0.15, 0.2) is 30.3 Å². The first kappa shape index (κ1) is 25.4. The van der Waals surface area contributed by atoms with Crippen LogP contribution in [-0.2, 0) is 98.1 Å². The van der Waals surface area contributed by atoms with E-state index in [1.54, 1.807) is 0 Å². The molecule has 1 N–H and O–H groups in total. The summed E-state index contributed by atoms with van der Waals surface area (Å²) in [4.78, 5) is 0. The smallest absolute Gasteiger partial charge is 0 e. The average molecular weight is 418 g/mol. The topological polar surface area (TPSA) is 20.2 Å². The van der Waals surface area contributed by atoms with Gasteiger partial charge in [0.25, 0.3) is 0 Å². The molecular weight excluding hydrogens is 403 g/mol. The van der Waals surface area contributed by atoms with Gasteiger partial charge in [-0.05, 0) is 6.10 Å². The Morgan fingerprint density at radius 1 is 1.00 bits per heavy atom. The zero-order valence-corrected chi connectivity index (χ0v) is 17.4. The third kappa shape index (κ3) is 12.6. The molecule has 0 bridgehead atoms. The van der Waals surface area contributed by atoms with E-state index in [9.17, 15) is 0 Å². The van der Waals surface area contributed by atoms with E-state index in [0.717, 1.165) is 5.56 Å². The molecule has 3 radical (unpaired) electrons. The van der Waals surface area contributed by atoms with E-state index in [1.165, 1.54) is 0 Å². The molecule has 0 spiro atoms. The van der Waals surface area contributed by atoms with Crippen molar-refractivity contribution in [3.8, 4) is 0 Å². The predicted molar refractivity (Wildman–Crippen MR) is 48.1 cm³/mol. The molecule has 0 fully saturated rings. The van der Waals surface area contributed by atoms with Gasteiger partial charge in [-0.2, -0.15) is 0 Å². The Morgan fingerprint density at radius 3 is 1.57 bits per heavy atom. The van der Waals surface area contributed by atoms with Gasteiger partial charge >= 0.3 is 0 Å². The molecule has 1 atom stereocenters. The molecule has 1 aromatic carbocycles. The van der Waals surface area contributed by atoms with E-state index in [-0.39, 0.29) is 98.1 Å². The van der Waals surface area contributed by atoms with E-state index in [0.29, 0.717) is 0 Å². The van der Waals surface area contributed by atoms with Crippen molar-refractivity contribution in [2.24, 2.45) is 0 Å². The van der Waals surface area contributed by atoms with Crippen molar-refractivity contribution in [1.29, 1.82) is 0 Å². The third-order valence-corrected chi connectivity index (χ3v) is 1.18. The molecule has 0 saturated carbocycles. The van der Waals surface area contributed by atoms with E-state index in [1.807, 2.05) is 44.2 Å². The number of aliphatic hydroxyl groups excluding tert-OH is 1. The van der Waals surface area contributed by atoms with Crippen LogP contribution < -0.4 is 0 Å². The molecule has 1 nitrogen and oxygen atoms in total. The van der Waals surface area contributed by atoms with Gasteiger partial charge in [-0.3, -0.25) is 0 Å². The maximum Gasteiger partial charge on any atom is 0 e. The molecule has 0 saturated heterocycles. The van der Waals surface area contributed by atoms with Crippen LogP contribution in [0.4, 0.5) is 0 Å². The average Bonchev–Trinajstić information content (AvgIpc) is 2.10. The van der Waals surface area contributed by atoms with Crippen LogP contribution >= 0.6 is 0 Å². The molecule has 4 heteroatoms. The maximum atomic E-state index is 8.91. The van der Waals surface area contributed by atoms with Crippen molar-refractivity contribution in [3.05, 3.63) is 42.8 Å². The fourth-order valence-corrected chi connectivity index (χ4v) is 0.675. The Hall–Kier alpha value is 2.49. The molecule has 71 valence electrons. The number of rotatable bonds is 1. The standard InChI is InChI=1S/C8H9O.C2H6.3Y/c1-7(9)8-5-3-2-4-6-8;1-2;;;/h2-7,9H,1H2;1-2H3;;;/q-1;;;;. The second-order valence-corrected chi connectivity index (χ2v) is 1.93. The summed E-state index contributed by atoms with van der Waals surface area (Å²) in [6, 6.07) is 9.36. The number of hydrogen-bond donors (Lipinski definition) is 1. The van der Waals surface area contributed by atoms with E-state index in [4.69, 9.17) is 5.11 Å². The normalized spacial score (nSPS) is 8.86. The second kappa shape index (κ2) is 17.9. The monoisotopic (exact) mass is 418 g/mol. The first-order chi connectivity index (χ1) is 5.30. The van der Waals surface area contributed by atoms with E-state index >= 15 is 0 Å². The summed E-state index contributed by atoms with van der Waals surface area (Å²) >= 11 is 0. The first-order valence-corrected chi connectivity index (χ1v) is 3.87. The Morgan fingerprint density at radius 2 is 1.36 bits per heavy atom. The van der Waals surface area contributed by atoms with Gasteiger partial charge in [0.2, 0.25) is 0 Å². The van der Waals surface area contributed by atoms with E-state index < -0.39 is 6.10 Å². The summed E-state index contributed by atoms with van der Waals surface area (Å²) in [5, 5.41) is 8.91. The summed E-state index contributed by atoms with van der Waals surface area (Å²) in [5.41, 5.74) is 0.859. The maximum absolute atomic E-state index is 8.91. The summed E-state index contributed by atoms with van der Waals surface area (Å²) in [7, 11) is 0. The molecule has 0 heterocycles. The van der Waals surface area contributed by atoms with Gasteiger partial charge in [-0.25, -0.2) is 0 Å². The van der Waals surface area contributed by atoms with Gasteiger partial charge in [-0.1, -0.05) is 49.7 Å². The molecule has 0 aliphatic rings. The SMILES string of the molecule is CC.[CH2-]C(O)c1ccccc1.[Y].[Y].[Y]. The largest absolute Gasteiger partial charge is 0.421 e. The Bertz CT molecular complexity index is 178. The van der Waals surface area contributed by atoms with Gasteiger partial charge < -0.3 is 12.0 Å². The molecule has 0 amide bonds. The summed E-state index contributed by atoms with van der Waals surface area (Å²) in [5.74, 6) is 0. The van der Waals surface area contributed by atoms with Gasteiger partial charge in [0.15, 0.2) is 0 Å². The van der Waals surface area contributed by atoms with Crippen molar-refractivity contribution in [2.45, 2.75) is 20.0 Å². The molecular formula is C10H15OY3-. The molecule has 14 heavy (non-hydrogen) atoms. The molecule has 1 aromatic rings. The van der Waals surface area contributed by atoms with E-state index in [2.05, 4.69) is 6.92 Å². The molecule has 1 unspecified atom stereocenters. The minimum atomic E-state index is -0.591. The van der Waals surface area contributed by atoms with Crippen LogP contribution in [0.25, 0.3) is 0 Å². The minimum absolute atomic E-state index is 0. The fourth-order valence-electron chi connectivity index (χ4n) is 0.675. The Labute approximate surface area is 163 Å². The fraction of sp³-hybridized carbons (Fsp3) is 0.300. The zero-order chi connectivity index (χ0) is 8.69. The van der Waals surface area contributed by atoms with Gasteiger partial charge in [0.1, 0.15) is 0 Å². The van der Waals surface area contributed by atoms with Gasteiger partial charge in [-0.15, -0.1) is 0 Å². The quantitative estimate of drug-likeness (QED) is 0.696. The third-order valence-electron chi connectivity index (χ3n) is 1.18. The minimum Gasteiger partial charge on any atom is -0.421 e. The van der Waals surface area contributed by atoms with Crippen LogP contribution in [0.1, 0.15) is 25.5 Å². The van der Waals surface area contributed by atoms with Crippen LogP contribution in [0.3, 0.4) is 0 Å². The Balaban J connectivity index is -0.0000000942. The number of benzene rings is 1. The molecule has 0 aliphatic heterocycles. The van der Waals surface area contributed by atoms with Crippen LogP contribution in [0.5, 0.6) is 0 Å². The van der Waals surface area contributed by atoms with Crippen LogP contribution in [0, 0.1) is 6.92 Å². The number of aliphatic hydroxyl groups is 1. The van der Waals surface area contributed by atoms with Crippen LogP contribution in [0.2, 0.25) is 0 Å². The molecule has 0 aliphatic carbocycles. The second-order valence-electron chi connectivity index (χ2n) is 1.93. The molecule has 0 aromatic heterocycles. The molecule has 1 rings (SSSR count). The van der Waals surface area contributed by atoms with Crippen LogP contribution in [-0.4, -0.2) is 5.11 Å². The van der Waals surface area contributed by atoms with Gasteiger partial charge in [0.05, 0.1) is 0 Å². The Kier molecular flexibility index (Phi) is 32.4. The zero-order valence-electron chi connectivity index (χ0n) is 8.85. The van der Waals surface area contributed by atoms with Crippen molar-refractivity contribution in [1.82, 2.24) is 0 Å².